The Balaban J connectivity index is 1.75. The number of aliphatic hydroxyl groups excluding tert-OH is 1. The molecule has 4 aromatic rings. The molecule has 29 heavy (non-hydrogen) atoms. The lowest BCUT2D eigenvalue weighted by atomic mass is 9.95. The Hall–Kier alpha value is -3.38. The summed E-state index contributed by atoms with van der Waals surface area (Å²) in [6.07, 6.45) is 7.48. The van der Waals surface area contributed by atoms with E-state index in [0.717, 1.165) is 27.9 Å². The van der Waals surface area contributed by atoms with Gasteiger partial charge >= 0.3 is 0 Å². The zero-order valence-corrected chi connectivity index (χ0v) is 16.0. The molecule has 0 aliphatic rings. The van der Waals surface area contributed by atoms with Crippen molar-refractivity contribution in [2.45, 2.75) is 18.9 Å². The number of benzene rings is 1. The molecule has 5 nitrogen and oxygen atoms in total. The molecule has 1 atom stereocenters. The fraction of sp³-hybridized carbons (Fsp3) is 0.174. The molecule has 6 heteroatoms. The van der Waals surface area contributed by atoms with Crippen molar-refractivity contribution in [1.82, 2.24) is 19.7 Å². The fourth-order valence-electron chi connectivity index (χ4n) is 3.52. The average molecular weight is 388 g/mol. The lowest BCUT2D eigenvalue weighted by Gasteiger charge is -2.14. The van der Waals surface area contributed by atoms with Gasteiger partial charge in [0.05, 0.1) is 11.8 Å². The summed E-state index contributed by atoms with van der Waals surface area (Å²) in [6.45, 7) is 0. The Morgan fingerprint density at radius 2 is 1.72 bits per heavy atom. The number of aliphatic hydroxyl groups is 1. The van der Waals surface area contributed by atoms with E-state index in [4.69, 9.17) is 0 Å². The molecule has 146 valence electrons. The molecule has 0 saturated carbocycles. The molecule has 1 aromatic carbocycles. The maximum Gasteiger partial charge on any atom is 0.123 e. The molecular weight excluding hydrogens is 367 g/mol. The van der Waals surface area contributed by atoms with Crippen molar-refractivity contribution in [2.75, 3.05) is 0 Å². The molecule has 0 radical (unpaired) electrons. The van der Waals surface area contributed by atoms with E-state index in [1.807, 2.05) is 37.5 Å². The number of hydrogen-bond donors (Lipinski definition) is 1. The highest BCUT2D eigenvalue weighted by Gasteiger charge is 2.24. The van der Waals surface area contributed by atoms with Crippen LogP contribution in [0.2, 0.25) is 0 Å². The van der Waals surface area contributed by atoms with Gasteiger partial charge in [0.15, 0.2) is 0 Å². The van der Waals surface area contributed by atoms with Crippen LogP contribution in [0.5, 0.6) is 0 Å². The Morgan fingerprint density at radius 1 is 0.966 bits per heavy atom. The van der Waals surface area contributed by atoms with E-state index in [-0.39, 0.29) is 5.82 Å². The van der Waals surface area contributed by atoms with Crippen molar-refractivity contribution in [1.29, 1.82) is 0 Å². The van der Waals surface area contributed by atoms with Gasteiger partial charge < -0.3 is 5.11 Å². The molecule has 0 amide bonds. The molecule has 0 aliphatic carbocycles. The lowest BCUT2D eigenvalue weighted by Crippen LogP contribution is -2.08. The third-order valence-corrected chi connectivity index (χ3v) is 4.92. The van der Waals surface area contributed by atoms with Crippen molar-refractivity contribution in [3.63, 3.8) is 0 Å². The molecule has 3 aromatic heterocycles. The summed E-state index contributed by atoms with van der Waals surface area (Å²) in [4.78, 5) is 8.23. The van der Waals surface area contributed by atoms with Crippen LogP contribution in [0.4, 0.5) is 4.39 Å². The number of nitrogens with zero attached hydrogens (tertiary/aromatic N) is 4. The normalized spacial score (nSPS) is 12.1. The molecule has 0 aliphatic heterocycles. The van der Waals surface area contributed by atoms with Gasteiger partial charge in [-0.1, -0.05) is 6.07 Å². The summed E-state index contributed by atoms with van der Waals surface area (Å²) < 4.78 is 15.1. The average Bonchev–Trinajstić information content (AvgIpc) is 3.11. The van der Waals surface area contributed by atoms with Crippen LogP contribution in [-0.2, 0) is 13.5 Å². The van der Waals surface area contributed by atoms with Crippen LogP contribution in [0.3, 0.4) is 0 Å². The quantitative estimate of drug-likeness (QED) is 0.533. The van der Waals surface area contributed by atoms with Crippen LogP contribution in [0.1, 0.15) is 23.8 Å². The molecule has 0 saturated heterocycles. The van der Waals surface area contributed by atoms with Gasteiger partial charge in [0.1, 0.15) is 11.5 Å². The van der Waals surface area contributed by atoms with E-state index in [1.165, 1.54) is 12.1 Å². The molecule has 0 spiro atoms. The van der Waals surface area contributed by atoms with Crippen LogP contribution < -0.4 is 0 Å². The van der Waals surface area contributed by atoms with Crippen LogP contribution >= 0.6 is 0 Å². The van der Waals surface area contributed by atoms with Crippen LogP contribution in [0.25, 0.3) is 22.4 Å². The first-order valence-corrected chi connectivity index (χ1v) is 9.43. The van der Waals surface area contributed by atoms with Gasteiger partial charge in [0.25, 0.3) is 0 Å². The summed E-state index contributed by atoms with van der Waals surface area (Å²) in [7, 11) is 1.82. The second kappa shape index (κ2) is 8.32. The standard InChI is InChI=1S/C23H21FN4O/c1-28-23(20(29)9-4-16-3-2-12-26-15-16)21(17-10-13-25-14-11-17)22(27-28)18-5-7-19(24)8-6-18/h2-3,5-8,10-15,20,29H,4,9H2,1H3. The van der Waals surface area contributed by atoms with Crippen LogP contribution in [0, 0.1) is 5.82 Å². The molecule has 4 rings (SSSR count). The first-order chi connectivity index (χ1) is 14.1. The minimum atomic E-state index is -0.718. The van der Waals surface area contributed by atoms with Gasteiger partial charge in [-0.05, 0) is 66.4 Å². The number of rotatable bonds is 6. The Labute approximate surface area is 168 Å². The van der Waals surface area contributed by atoms with Gasteiger partial charge in [0.2, 0.25) is 0 Å². The highest BCUT2D eigenvalue weighted by molar-refractivity contribution is 5.82. The topological polar surface area (TPSA) is 63.8 Å². The third kappa shape index (κ3) is 4.07. The first-order valence-electron chi connectivity index (χ1n) is 9.43. The molecule has 1 unspecified atom stereocenters. The van der Waals surface area contributed by atoms with E-state index in [9.17, 15) is 9.50 Å². The number of hydrogen-bond acceptors (Lipinski definition) is 4. The van der Waals surface area contributed by atoms with Gasteiger partial charge in [-0.2, -0.15) is 5.10 Å². The van der Waals surface area contributed by atoms with Gasteiger partial charge in [-0.3, -0.25) is 14.6 Å². The molecule has 1 N–H and O–H groups in total. The predicted molar refractivity (Wildman–Crippen MR) is 109 cm³/mol. The SMILES string of the molecule is Cn1nc(-c2ccc(F)cc2)c(-c2ccncc2)c1C(O)CCc1cccnc1. The van der Waals surface area contributed by atoms with E-state index in [2.05, 4.69) is 15.1 Å². The van der Waals surface area contributed by atoms with E-state index in [1.54, 1.807) is 35.4 Å². The molecular formula is C23H21FN4O. The van der Waals surface area contributed by atoms with Crippen molar-refractivity contribution in [3.8, 4) is 22.4 Å². The van der Waals surface area contributed by atoms with Crippen LogP contribution in [0.15, 0.2) is 73.3 Å². The monoisotopic (exact) mass is 388 g/mol. The van der Waals surface area contributed by atoms with Crippen molar-refractivity contribution < 1.29 is 9.50 Å². The van der Waals surface area contributed by atoms with Gasteiger partial charge in [-0.15, -0.1) is 0 Å². The zero-order chi connectivity index (χ0) is 20.2. The summed E-state index contributed by atoms with van der Waals surface area (Å²) >= 11 is 0. The van der Waals surface area contributed by atoms with E-state index >= 15 is 0 Å². The number of halogens is 1. The summed E-state index contributed by atoms with van der Waals surface area (Å²) in [5.74, 6) is -0.299. The Morgan fingerprint density at radius 3 is 2.41 bits per heavy atom. The number of aryl methyl sites for hydroxylation is 2. The maximum atomic E-state index is 13.4. The molecule has 0 fully saturated rings. The van der Waals surface area contributed by atoms with Gasteiger partial charge in [0, 0.05) is 43.0 Å². The maximum absolute atomic E-state index is 13.4. The fourth-order valence-corrected chi connectivity index (χ4v) is 3.52. The highest BCUT2D eigenvalue weighted by Crippen LogP contribution is 2.38. The minimum Gasteiger partial charge on any atom is -0.387 e. The summed E-state index contributed by atoms with van der Waals surface area (Å²) in [6, 6.07) is 13.9. The lowest BCUT2D eigenvalue weighted by molar-refractivity contribution is 0.159. The van der Waals surface area contributed by atoms with Crippen molar-refractivity contribution >= 4 is 0 Å². The second-order valence-corrected chi connectivity index (χ2v) is 6.89. The summed E-state index contributed by atoms with van der Waals surface area (Å²) in [5, 5.41) is 15.7. The Bertz CT molecular complexity index is 1080. The molecule has 3 heterocycles. The highest BCUT2D eigenvalue weighted by atomic mass is 19.1. The smallest absolute Gasteiger partial charge is 0.123 e. The number of pyridine rings is 2. The zero-order valence-electron chi connectivity index (χ0n) is 16.0. The minimum absolute atomic E-state index is 0.299. The van der Waals surface area contributed by atoms with Crippen LogP contribution in [-0.4, -0.2) is 24.9 Å². The van der Waals surface area contributed by atoms with Gasteiger partial charge in [-0.25, -0.2) is 4.39 Å². The summed E-state index contributed by atoms with van der Waals surface area (Å²) in [5.41, 5.74) is 5.02. The number of aromatic nitrogens is 4. The largest absolute Gasteiger partial charge is 0.387 e. The molecule has 0 bridgehead atoms. The van der Waals surface area contributed by atoms with E-state index < -0.39 is 6.10 Å². The van der Waals surface area contributed by atoms with E-state index in [0.29, 0.717) is 18.5 Å². The third-order valence-electron chi connectivity index (χ3n) is 4.92. The Kier molecular flexibility index (Phi) is 5.44. The van der Waals surface area contributed by atoms with Crippen molar-refractivity contribution in [2.24, 2.45) is 7.05 Å². The predicted octanol–water partition coefficient (Wildman–Crippen LogP) is 4.35. The van der Waals surface area contributed by atoms with Crippen molar-refractivity contribution in [3.05, 3.63) is 90.4 Å². The first kappa shape index (κ1) is 19.0. The second-order valence-electron chi connectivity index (χ2n) is 6.89.